The van der Waals surface area contributed by atoms with Gasteiger partial charge in [-0.05, 0) is 54.7 Å². The Morgan fingerprint density at radius 3 is 2.66 bits per heavy atom. The number of aromatic nitrogens is 2. The van der Waals surface area contributed by atoms with Crippen molar-refractivity contribution in [2.75, 3.05) is 11.3 Å². The van der Waals surface area contributed by atoms with Crippen molar-refractivity contribution in [1.29, 1.82) is 0 Å². The number of halogens is 3. The molecular formula is C23H20F3N3O2S. The Morgan fingerprint density at radius 1 is 1.09 bits per heavy atom. The molecule has 5 nitrogen and oxygen atoms in total. The molecule has 1 aromatic heterocycles. The summed E-state index contributed by atoms with van der Waals surface area (Å²) >= 11 is 0. The van der Waals surface area contributed by atoms with Crippen LogP contribution in [0.4, 0.5) is 19.0 Å². The molecule has 0 radical (unpaired) electrons. The molecule has 0 amide bonds. The number of benzene rings is 2. The van der Waals surface area contributed by atoms with Gasteiger partial charge in [0.2, 0.25) is 0 Å². The summed E-state index contributed by atoms with van der Waals surface area (Å²) in [6.45, 7) is 0.140. The highest BCUT2D eigenvalue weighted by Gasteiger charge is 2.22. The van der Waals surface area contributed by atoms with Crippen LogP contribution in [-0.2, 0) is 11.0 Å². The summed E-state index contributed by atoms with van der Waals surface area (Å²) < 4.78 is 62.9. The number of rotatable bonds is 7. The van der Waals surface area contributed by atoms with Gasteiger partial charge in [-0.15, -0.1) is 0 Å². The van der Waals surface area contributed by atoms with Crippen LogP contribution in [0, 0.1) is 23.4 Å². The molecule has 0 aliphatic heterocycles. The van der Waals surface area contributed by atoms with Gasteiger partial charge in [0.25, 0.3) is 0 Å². The van der Waals surface area contributed by atoms with E-state index in [0.29, 0.717) is 0 Å². The van der Waals surface area contributed by atoms with Crippen molar-refractivity contribution in [1.82, 2.24) is 9.97 Å². The highest BCUT2D eigenvalue weighted by Crippen LogP contribution is 2.34. The second-order valence-corrected chi connectivity index (χ2v) is 8.47. The molecule has 0 saturated heterocycles. The Morgan fingerprint density at radius 2 is 1.91 bits per heavy atom. The van der Waals surface area contributed by atoms with Crippen LogP contribution in [-0.4, -0.2) is 20.8 Å². The maximum absolute atomic E-state index is 14.6. The predicted octanol–water partition coefficient (Wildman–Crippen LogP) is 5.29. The molecular weight excluding hydrogens is 439 g/mol. The summed E-state index contributed by atoms with van der Waals surface area (Å²) in [4.78, 5) is 7.24. The van der Waals surface area contributed by atoms with Crippen molar-refractivity contribution >= 4 is 22.4 Å². The lowest BCUT2D eigenvalue weighted by molar-refractivity contribution is 0.255. The Hall–Kier alpha value is -3.20. The summed E-state index contributed by atoms with van der Waals surface area (Å²) in [5, 5.41) is 0. The Labute approximate surface area is 186 Å². The zero-order valence-corrected chi connectivity index (χ0v) is 17.7. The smallest absolute Gasteiger partial charge is 0.166 e. The lowest BCUT2D eigenvalue weighted by Crippen LogP contribution is -2.17. The van der Waals surface area contributed by atoms with Crippen LogP contribution in [0.5, 0.6) is 5.75 Å². The van der Waals surface area contributed by atoms with Gasteiger partial charge in [-0.25, -0.2) is 27.3 Å². The van der Waals surface area contributed by atoms with E-state index >= 15 is 0 Å². The van der Waals surface area contributed by atoms with Crippen LogP contribution in [0.25, 0.3) is 5.57 Å². The van der Waals surface area contributed by atoms with E-state index in [4.69, 9.17) is 4.74 Å². The molecule has 3 aromatic rings. The lowest BCUT2D eigenvalue weighted by atomic mass is 9.84. The first-order chi connectivity index (χ1) is 15.5. The van der Waals surface area contributed by atoms with Crippen LogP contribution < -0.4 is 9.46 Å². The van der Waals surface area contributed by atoms with E-state index in [1.807, 2.05) is 0 Å². The third-order valence-corrected chi connectivity index (χ3v) is 6.25. The van der Waals surface area contributed by atoms with E-state index in [2.05, 4.69) is 20.8 Å². The molecule has 2 atom stereocenters. The summed E-state index contributed by atoms with van der Waals surface area (Å²) in [6.07, 6.45) is 7.41. The minimum Gasteiger partial charge on any atom is -0.490 e. The first kappa shape index (κ1) is 22.0. The average Bonchev–Trinajstić information content (AvgIpc) is 2.81. The van der Waals surface area contributed by atoms with Crippen molar-refractivity contribution in [2.45, 2.75) is 24.2 Å². The fourth-order valence-corrected chi connectivity index (χ4v) is 4.43. The molecule has 166 valence electrons. The van der Waals surface area contributed by atoms with Crippen molar-refractivity contribution in [3.8, 4) is 5.75 Å². The SMILES string of the molecule is O=S(Nc1ccncn1)c1cc(F)c(OCC2CCCC=C2c2ccc(F)cc2)cc1F. The number of nitrogens with zero attached hydrogens (tertiary/aromatic N) is 2. The number of hydrogen-bond acceptors (Lipinski definition) is 4. The minimum absolute atomic E-state index is 0.0371. The second kappa shape index (κ2) is 9.95. The van der Waals surface area contributed by atoms with Crippen molar-refractivity contribution in [3.05, 3.63) is 84.1 Å². The molecule has 0 bridgehead atoms. The molecule has 1 N–H and O–H groups in total. The van der Waals surface area contributed by atoms with E-state index in [1.54, 1.807) is 12.1 Å². The molecule has 2 unspecified atom stereocenters. The van der Waals surface area contributed by atoms with E-state index < -0.39 is 22.6 Å². The maximum atomic E-state index is 14.6. The van der Waals surface area contributed by atoms with Crippen LogP contribution in [0.3, 0.4) is 0 Å². The van der Waals surface area contributed by atoms with Crippen molar-refractivity contribution in [2.24, 2.45) is 5.92 Å². The highest BCUT2D eigenvalue weighted by molar-refractivity contribution is 7.86. The van der Waals surface area contributed by atoms with Crippen LogP contribution in [0.15, 0.2) is 66.0 Å². The monoisotopic (exact) mass is 459 g/mol. The molecule has 0 spiro atoms. The maximum Gasteiger partial charge on any atom is 0.166 e. The van der Waals surface area contributed by atoms with Gasteiger partial charge in [0.05, 0.1) is 11.5 Å². The number of ether oxygens (including phenoxy) is 1. The number of anilines is 1. The fraction of sp³-hybridized carbons (Fsp3) is 0.217. The highest BCUT2D eigenvalue weighted by atomic mass is 32.2. The van der Waals surface area contributed by atoms with Gasteiger partial charge in [-0.3, -0.25) is 4.72 Å². The number of allylic oxidation sites excluding steroid dienone is 1. The normalized spacial score (nSPS) is 16.8. The van der Waals surface area contributed by atoms with Gasteiger partial charge in [0, 0.05) is 18.2 Å². The molecule has 9 heteroatoms. The molecule has 1 heterocycles. The Balaban J connectivity index is 1.47. The summed E-state index contributed by atoms with van der Waals surface area (Å²) in [5.74, 6) is -2.07. The summed E-state index contributed by atoms with van der Waals surface area (Å²) in [7, 11) is -2.06. The van der Waals surface area contributed by atoms with Gasteiger partial charge in [-0.1, -0.05) is 18.2 Å². The van der Waals surface area contributed by atoms with Gasteiger partial charge < -0.3 is 4.74 Å². The molecule has 0 saturated carbocycles. The molecule has 4 rings (SSSR count). The average molecular weight is 459 g/mol. The molecule has 1 aliphatic rings. The zero-order chi connectivity index (χ0) is 22.5. The van der Waals surface area contributed by atoms with Crippen molar-refractivity contribution in [3.63, 3.8) is 0 Å². The fourth-order valence-electron chi connectivity index (χ4n) is 3.57. The lowest BCUT2D eigenvalue weighted by Gasteiger charge is -2.25. The topological polar surface area (TPSA) is 64.1 Å². The predicted molar refractivity (Wildman–Crippen MR) is 116 cm³/mol. The quantitative estimate of drug-likeness (QED) is 0.521. The largest absolute Gasteiger partial charge is 0.490 e. The van der Waals surface area contributed by atoms with E-state index in [9.17, 15) is 17.4 Å². The van der Waals surface area contributed by atoms with E-state index in [0.717, 1.165) is 42.5 Å². The third-order valence-electron chi connectivity index (χ3n) is 5.14. The van der Waals surface area contributed by atoms with E-state index in [1.165, 1.54) is 30.7 Å². The first-order valence-electron chi connectivity index (χ1n) is 10.0. The van der Waals surface area contributed by atoms with Crippen LogP contribution >= 0.6 is 0 Å². The molecule has 0 fully saturated rings. The molecule has 2 aromatic carbocycles. The van der Waals surface area contributed by atoms with E-state index in [-0.39, 0.29) is 34.8 Å². The minimum atomic E-state index is -2.06. The Bertz CT molecular complexity index is 1140. The molecule has 1 aliphatic carbocycles. The summed E-state index contributed by atoms with van der Waals surface area (Å²) in [5.41, 5.74) is 1.89. The van der Waals surface area contributed by atoms with Crippen LogP contribution in [0.1, 0.15) is 24.8 Å². The number of nitrogens with one attached hydrogen (secondary N) is 1. The first-order valence-corrected chi connectivity index (χ1v) is 11.2. The van der Waals surface area contributed by atoms with Gasteiger partial charge in [0.15, 0.2) is 22.6 Å². The third kappa shape index (κ3) is 5.16. The van der Waals surface area contributed by atoms with Gasteiger partial charge in [0.1, 0.15) is 23.8 Å². The van der Waals surface area contributed by atoms with Crippen LogP contribution in [0.2, 0.25) is 0 Å². The zero-order valence-electron chi connectivity index (χ0n) is 16.9. The van der Waals surface area contributed by atoms with Gasteiger partial charge >= 0.3 is 0 Å². The molecule has 32 heavy (non-hydrogen) atoms. The van der Waals surface area contributed by atoms with Gasteiger partial charge in [-0.2, -0.15) is 0 Å². The Kier molecular flexibility index (Phi) is 6.84. The van der Waals surface area contributed by atoms with Crippen molar-refractivity contribution < 1.29 is 22.1 Å². The number of hydrogen-bond donors (Lipinski definition) is 1. The standard InChI is InChI=1S/C23H20F3N3O2S/c24-17-7-5-15(6-8-17)18-4-2-1-3-16(18)13-31-21-11-20(26)22(12-19(21)25)32(30)29-23-9-10-27-14-28-23/h4-12,14,16H,1-3,13H2,(H,27,28,29). The summed E-state index contributed by atoms with van der Waals surface area (Å²) in [6, 6.07) is 9.40. The second-order valence-electron chi connectivity index (χ2n) is 7.28.